The van der Waals surface area contributed by atoms with E-state index in [4.69, 9.17) is 14.7 Å². The first-order valence-corrected chi connectivity index (χ1v) is 1.65. The first kappa shape index (κ1) is 4.49. The van der Waals surface area contributed by atoms with Gasteiger partial charge in [-0.05, 0) is 4.78 Å². The highest BCUT2D eigenvalue weighted by atomic mass is 32.1. The van der Waals surface area contributed by atoms with Gasteiger partial charge in [-0.15, -0.1) is 0 Å². The minimum atomic E-state index is -1.16. The summed E-state index contributed by atoms with van der Waals surface area (Å²) < 4.78 is 5.97. The first-order valence-electron chi connectivity index (χ1n) is 0.836. The third-order valence-electron chi connectivity index (χ3n) is 0.0873. The number of carbonyl (C=O) groups is 1. The second-order valence-corrected chi connectivity index (χ2v) is 0.921. The minimum Gasteiger partial charge on any atom is -0.432 e. The summed E-state index contributed by atoms with van der Waals surface area (Å²) in [6, 6.07) is 0. The summed E-state index contributed by atoms with van der Waals surface area (Å²) in [4.78, 5) is 9.14. The summed E-state index contributed by atoms with van der Waals surface area (Å²) in [7, 11) is 0. The van der Waals surface area contributed by atoms with Gasteiger partial charge in [0.1, 0.15) is 0 Å². The van der Waals surface area contributed by atoms with E-state index >= 15 is 0 Å². The zero-order valence-corrected chi connectivity index (χ0v) is 3.08. The van der Waals surface area contributed by atoms with Gasteiger partial charge in [-0.25, -0.2) is 0 Å². The van der Waals surface area contributed by atoms with Gasteiger partial charge in [0.15, 0.2) is 0 Å². The van der Waals surface area contributed by atoms with E-state index in [2.05, 4.69) is 0 Å². The molecule has 0 aliphatic rings. The fraction of sp³-hybridized carbons (Fsp3) is 0. The summed E-state index contributed by atoms with van der Waals surface area (Å²) in [5.74, 6) is 0. The van der Waals surface area contributed by atoms with Gasteiger partial charge in [0.25, 0.3) is 0 Å². The lowest BCUT2D eigenvalue weighted by molar-refractivity contribution is 0.222. The molecule has 0 aromatic carbocycles. The molecule has 0 heterocycles. The number of rotatable bonds is 0. The van der Waals surface area contributed by atoms with Crippen LogP contribution in [-0.4, -0.2) is 10.4 Å². The lowest BCUT2D eigenvalue weighted by Crippen LogP contribution is -1.81. The molecule has 3 nitrogen and oxygen atoms in total. The standard InChI is InChI=1S/CHNO2S/c2-5-1(3)4/h2H/p+1. The van der Waals surface area contributed by atoms with Crippen LogP contribution in [0.3, 0.4) is 0 Å². The monoisotopic (exact) mass is 92.0 g/mol. The molecule has 0 bridgehead atoms. The van der Waals surface area contributed by atoms with Gasteiger partial charge in [0.2, 0.25) is 0 Å². The fourth-order valence-corrected chi connectivity index (χ4v) is 0. The van der Waals surface area contributed by atoms with E-state index in [1.165, 1.54) is 0 Å². The average Bonchev–Trinajstić information content (AvgIpc) is 1.38. The van der Waals surface area contributed by atoms with Crippen LogP contribution in [0.25, 0.3) is 0 Å². The third-order valence-corrected chi connectivity index (χ3v) is 0.262. The Morgan fingerprint density at radius 1 is 2.00 bits per heavy atom. The van der Waals surface area contributed by atoms with Crippen molar-refractivity contribution in [2.24, 2.45) is 0 Å². The van der Waals surface area contributed by atoms with Gasteiger partial charge < -0.3 is 5.11 Å². The Balaban J connectivity index is 3.20. The van der Waals surface area contributed by atoms with Gasteiger partial charge in [-0.3, -0.25) is 0 Å². The van der Waals surface area contributed by atoms with Crippen LogP contribution in [0.4, 0.5) is 4.79 Å². The molecule has 0 aliphatic heterocycles. The van der Waals surface area contributed by atoms with Crippen molar-refractivity contribution in [1.29, 1.82) is 4.78 Å². The summed E-state index contributed by atoms with van der Waals surface area (Å²) in [6.07, 6.45) is 0. The lowest BCUT2D eigenvalue weighted by Gasteiger charge is -1.43. The van der Waals surface area contributed by atoms with Crippen molar-refractivity contribution in [3.8, 4) is 0 Å². The number of nitrogens with one attached hydrogen (secondary N) is 1. The predicted octanol–water partition coefficient (Wildman–Crippen LogP) is 0.509. The van der Waals surface area contributed by atoms with E-state index in [0.717, 1.165) is 0 Å². The van der Waals surface area contributed by atoms with Crippen LogP contribution in [0.1, 0.15) is 0 Å². The van der Waals surface area contributed by atoms with Crippen molar-refractivity contribution in [3.63, 3.8) is 0 Å². The Morgan fingerprint density at radius 2 is 2.20 bits per heavy atom. The van der Waals surface area contributed by atoms with E-state index in [1.54, 1.807) is 0 Å². The van der Waals surface area contributed by atoms with Crippen LogP contribution in [0.2, 0.25) is 0 Å². The molecule has 2 N–H and O–H groups in total. The summed E-state index contributed by atoms with van der Waals surface area (Å²) in [6.45, 7) is 0. The Hall–Kier alpha value is -0.510. The SMILES string of the molecule is N=[S+]C(=O)O. The fourth-order valence-electron chi connectivity index (χ4n) is 0. The number of carboxylic acid groups (broad SMARTS) is 1. The van der Waals surface area contributed by atoms with Crippen molar-refractivity contribution in [2.45, 2.75) is 0 Å². The van der Waals surface area contributed by atoms with Crippen molar-refractivity contribution < 1.29 is 9.90 Å². The molecule has 0 saturated heterocycles. The molecule has 0 radical (unpaired) electrons. The Labute approximate surface area is 32.5 Å². The molecule has 0 amide bonds. The highest BCUT2D eigenvalue weighted by Gasteiger charge is 2.02. The molecule has 5 heavy (non-hydrogen) atoms. The van der Waals surface area contributed by atoms with Gasteiger partial charge >= 0.3 is 16.9 Å². The van der Waals surface area contributed by atoms with E-state index < -0.39 is 5.30 Å². The molecule has 0 atom stereocenters. The molecule has 0 rings (SSSR count). The highest BCUT2D eigenvalue weighted by Crippen LogP contribution is 1.56. The van der Waals surface area contributed by atoms with Crippen molar-refractivity contribution in [1.82, 2.24) is 0 Å². The molecule has 0 aromatic heterocycles. The van der Waals surface area contributed by atoms with Crippen LogP contribution in [0.5, 0.6) is 0 Å². The molecule has 4 heteroatoms. The van der Waals surface area contributed by atoms with Crippen LogP contribution >= 0.6 is 0 Å². The predicted molar refractivity (Wildman–Crippen MR) is 18.1 cm³/mol. The molecule has 0 spiro atoms. The second kappa shape index (κ2) is 1.78. The van der Waals surface area contributed by atoms with Crippen molar-refractivity contribution in [3.05, 3.63) is 0 Å². The molecule has 0 fully saturated rings. The largest absolute Gasteiger partial charge is 0.632 e. The third kappa shape index (κ3) is 3.49. The zero-order valence-electron chi connectivity index (χ0n) is 2.26. The van der Waals surface area contributed by atoms with E-state index in [9.17, 15) is 0 Å². The van der Waals surface area contributed by atoms with Crippen LogP contribution in [-0.2, 0) is 11.6 Å². The maximum Gasteiger partial charge on any atom is 0.632 e. The van der Waals surface area contributed by atoms with Crippen LogP contribution in [0, 0.1) is 4.78 Å². The molecule has 0 aliphatic carbocycles. The average molecular weight is 92.1 g/mol. The summed E-state index contributed by atoms with van der Waals surface area (Å²) in [5, 5.41) is 6.34. The smallest absolute Gasteiger partial charge is 0.432 e. The van der Waals surface area contributed by atoms with Crippen LogP contribution < -0.4 is 0 Å². The van der Waals surface area contributed by atoms with Crippen molar-refractivity contribution in [2.75, 3.05) is 0 Å². The van der Waals surface area contributed by atoms with Crippen LogP contribution in [0.15, 0.2) is 0 Å². The zero-order chi connectivity index (χ0) is 4.28. The molecule has 28 valence electrons. The molecule has 0 unspecified atom stereocenters. The second-order valence-electron chi connectivity index (χ2n) is 0.368. The normalized spacial score (nSPS) is 6.40. The van der Waals surface area contributed by atoms with Gasteiger partial charge in [0.05, 0.1) is 0 Å². The minimum absolute atomic E-state index is 0.0463. The maximum atomic E-state index is 9.14. The topological polar surface area (TPSA) is 61.2 Å². The molecule has 0 aromatic rings. The first-order chi connectivity index (χ1) is 2.27. The van der Waals surface area contributed by atoms with E-state index in [-0.39, 0.29) is 11.6 Å². The van der Waals surface area contributed by atoms with Gasteiger partial charge in [-0.2, -0.15) is 4.79 Å². The van der Waals surface area contributed by atoms with Gasteiger partial charge in [-0.1, -0.05) is 0 Å². The quantitative estimate of drug-likeness (QED) is 0.427. The summed E-state index contributed by atoms with van der Waals surface area (Å²) >= 11 is 0.0463. The molecule has 0 saturated carbocycles. The molecular formula is CH2NO2S+. The highest BCUT2D eigenvalue weighted by molar-refractivity contribution is 7.83. The number of hydrogen-bond donors (Lipinski definition) is 2. The lowest BCUT2D eigenvalue weighted by atomic mass is 11.6. The summed E-state index contributed by atoms with van der Waals surface area (Å²) in [5.41, 5.74) is 0. The number of hydrogen-bond acceptors (Lipinski definition) is 2. The Morgan fingerprint density at radius 3 is 2.20 bits per heavy atom. The Kier molecular flexibility index (Phi) is 1.60. The van der Waals surface area contributed by atoms with E-state index in [1.807, 2.05) is 0 Å². The van der Waals surface area contributed by atoms with Crippen molar-refractivity contribution >= 4 is 16.9 Å². The maximum absolute atomic E-state index is 9.14. The molecular weight excluding hydrogens is 90.1 g/mol. The Bertz CT molecular complexity index is 60.7. The van der Waals surface area contributed by atoms with E-state index in [0.29, 0.717) is 0 Å². The van der Waals surface area contributed by atoms with Gasteiger partial charge in [0, 0.05) is 0 Å².